The van der Waals surface area contributed by atoms with Gasteiger partial charge in [-0.1, -0.05) is 47.3 Å². The van der Waals surface area contributed by atoms with E-state index >= 15 is 0 Å². The highest BCUT2D eigenvalue weighted by Gasteiger charge is 2.47. The van der Waals surface area contributed by atoms with Crippen LogP contribution in [0.3, 0.4) is 0 Å². The van der Waals surface area contributed by atoms with Gasteiger partial charge in [0, 0.05) is 30.7 Å². The smallest absolute Gasteiger partial charge is 0.233 e. The van der Waals surface area contributed by atoms with Crippen molar-refractivity contribution < 1.29 is 4.79 Å². The summed E-state index contributed by atoms with van der Waals surface area (Å²) in [6.07, 6.45) is 5.61. The lowest BCUT2D eigenvalue weighted by Gasteiger charge is -2.39. The molecule has 124 valence electrons. The molecule has 4 rings (SSSR count). The molecule has 2 aliphatic heterocycles. The van der Waals surface area contributed by atoms with Gasteiger partial charge in [0.25, 0.3) is 0 Å². The van der Waals surface area contributed by atoms with Crippen LogP contribution in [-0.4, -0.2) is 37.0 Å². The summed E-state index contributed by atoms with van der Waals surface area (Å²) >= 11 is 3.59. The summed E-state index contributed by atoms with van der Waals surface area (Å²) in [6.45, 7) is 4.06. The summed E-state index contributed by atoms with van der Waals surface area (Å²) in [5.41, 5.74) is 0.931. The number of fused-ring (bicyclic) bond motifs is 1. The van der Waals surface area contributed by atoms with Gasteiger partial charge in [-0.2, -0.15) is 0 Å². The van der Waals surface area contributed by atoms with Crippen LogP contribution >= 0.6 is 15.9 Å². The van der Waals surface area contributed by atoms with Gasteiger partial charge in [0.15, 0.2) is 0 Å². The first-order valence-electron chi connectivity index (χ1n) is 8.95. The van der Waals surface area contributed by atoms with Crippen LogP contribution in [0.15, 0.2) is 28.7 Å². The van der Waals surface area contributed by atoms with Gasteiger partial charge in [-0.3, -0.25) is 4.79 Å². The van der Waals surface area contributed by atoms with Crippen LogP contribution in [0.25, 0.3) is 0 Å². The monoisotopic (exact) mass is 376 g/mol. The number of amides is 1. The molecule has 3 nitrogen and oxygen atoms in total. The van der Waals surface area contributed by atoms with Crippen LogP contribution in [-0.2, 0) is 10.2 Å². The highest BCUT2D eigenvalue weighted by Crippen LogP contribution is 2.43. The molecular weight excluding hydrogens is 352 g/mol. The van der Waals surface area contributed by atoms with Crippen molar-refractivity contribution in [3.8, 4) is 0 Å². The van der Waals surface area contributed by atoms with E-state index < -0.39 is 0 Å². The maximum Gasteiger partial charge on any atom is 0.233 e. The highest BCUT2D eigenvalue weighted by atomic mass is 79.9. The molecule has 1 aromatic carbocycles. The lowest BCUT2D eigenvalue weighted by molar-refractivity contribution is -0.138. The van der Waals surface area contributed by atoms with Crippen molar-refractivity contribution in [1.29, 1.82) is 0 Å². The van der Waals surface area contributed by atoms with E-state index in [0.717, 1.165) is 43.5 Å². The Balaban J connectivity index is 1.64. The molecule has 0 bridgehead atoms. The maximum absolute atomic E-state index is 13.6. The normalized spacial score (nSPS) is 29.5. The topological polar surface area (TPSA) is 32.3 Å². The molecule has 1 amide bonds. The van der Waals surface area contributed by atoms with E-state index in [1.165, 1.54) is 24.8 Å². The molecule has 2 atom stereocenters. The van der Waals surface area contributed by atoms with Crippen molar-refractivity contribution >= 4 is 21.8 Å². The van der Waals surface area contributed by atoms with E-state index in [2.05, 4.69) is 50.4 Å². The Labute approximate surface area is 146 Å². The van der Waals surface area contributed by atoms with Crippen LogP contribution < -0.4 is 5.32 Å². The number of nitrogens with zero attached hydrogens (tertiary/aromatic N) is 1. The second-order valence-corrected chi connectivity index (χ2v) is 8.46. The van der Waals surface area contributed by atoms with Gasteiger partial charge in [-0.25, -0.2) is 0 Å². The Morgan fingerprint density at radius 1 is 1.13 bits per heavy atom. The van der Waals surface area contributed by atoms with Gasteiger partial charge in [0.2, 0.25) is 5.91 Å². The number of carbonyl (C=O) groups is 1. The van der Waals surface area contributed by atoms with E-state index in [1.807, 2.05) is 0 Å². The molecule has 2 saturated heterocycles. The maximum atomic E-state index is 13.6. The summed E-state index contributed by atoms with van der Waals surface area (Å²) in [7, 11) is 0. The van der Waals surface area contributed by atoms with Gasteiger partial charge < -0.3 is 10.2 Å². The number of hydrogen-bond acceptors (Lipinski definition) is 2. The minimum absolute atomic E-state index is 0.284. The lowest BCUT2D eigenvalue weighted by atomic mass is 9.68. The molecule has 0 unspecified atom stereocenters. The summed E-state index contributed by atoms with van der Waals surface area (Å²) in [6, 6.07) is 8.45. The van der Waals surface area contributed by atoms with Crippen LogP contribution in [0, 0.1) is 11.8 Å². The Bertz CT molecular complexity index is 585. The van der Waals surface area contributed by atoms with Gasteiger partial charge in [-0.05, 0) is 42.4 Å². The third-order valence-electron chi connectivity index (χ3n) is 6.17. The molecule has 2 heterocycles. The van der Waals surface area contributed by atoms with E-state index in [9.17, 15) is 4.79 Å². The van der Waals surface area contributed by atoms with Gasteiger partial charge >= 0.3 is 0 Å². The van der Waals surface area contributed by atoms with E-state index in [0.29, 0.717) is 17.7 Å². The number of likely N-dealkylation sites (tertiary alicyclic amines) is 1. The molecule has 3 fully saturated rings. The molecule has 1 aliphatic carbocycles. The summed E-state index contributed by atoms with van der Waals surface area (Å²) in [4.78, 5) is 15.7. The Morgan fingerprint density at radius 3 is 2.48 bits per heavy atom. The average Bonchev–Trinajstić information content (AvgIpc) is 3.16. The second kappa shape index (κ2) is 6.21. The predicted octanol–water partition coefficient (Wildman–Crippen LogP) is 3.33. The van der Waals surface area contributed by atoms with Gasteiger partial charge in [0.05, 0.1) is 5.41 Å². The SMILES string of the molecule is O=C(N1C[C@H]2CNC[C@H]2C1)C1(c2cccc(Br)c2)CCCCC1. The van der Waals surface area contributed by atoms with Crippen molar-refractivity contribution in [3.63, 3.8) is 0 Å². The lowest BCUT2D eigenvalue weighted by Crippen LogP contribution is -2.48. The summed E-state index contributed by atoms with van der Waals surface area (Å²) < 4.78 is 1.08. The minimum Gasteiger partial charge on any atom is -0.341 e. The molecule has 1 aromatic rings. The molecule has 23 heavy (non-hydrogen) atoms. The minimum atomic E-state index is -0.284. The fraction of sp³-hybridized carbons (Fsp3) is 0.632. The molecule has 4 heteroatoms. The first kappa shape index (κ1) is 15.6. The van der Waals surface area contributed by atoms with Crippen LogP contribution in [0.2, 0.25) is 0 Å². The van der Waals surface area contributed by atoms with Crippen molar-refractivity contribution in [2.75, 3.05) is 26.2 Å². The molecule has 3 aliphatic rings. The zero-order valence-electron chi connectivity index (χ0n) is 13.6. The quantitative estimate of drug-likeness (QED) is 0.858. The molecule has 1 N–H and O–H groups in total. The van der Waals surface area contributed by atoms with Crippen LogP contribution in [0.1, 0.15) is 37.7 Å². The number of nitrogens with one attached hydrogen (secondary N) is 1. The van der Waals surface area contributed by atoms with E-state index in [4.69, 9.17) is 0 Å². The van der Waals surface area contributed by atoms with E-state index in [1.54, 1.807) is 0 Å². The van der Waals surface area contributed by atoms with Crippen molar-refractivity contribution in [1.82, 2.24) is 10.2 Å². The van der Waals surface area contributed by atoms with Crippen molar-refractivity contribution in [2.45, 2.75) is 37.5 Å². The zero-order chi connectivity index (χ0) is 15.9. The molecular formula is C19H25BrN2O. The number of carbonyl (C=O) groups excluding carboxylic acids is 1. The summed E-state index contributed by atoms with van der Waals surface area (Å²) in [5, 5.41) is 3.47. The van der Waals surface area contributed by atoms with Crippen molar-refractivity contribution in [2.24, 2.45) is 11.8 Å². The van der Waals surface area contributed by atoms with Gasteiger partial charge in [-0.15, -0.1) is 0 Å². The molecule has 0 spiro atoms. The number of halogens is 1. The Kier molecular flexibility index (Phi) is 4.22. The third-order valence-corrected chi connectivity index (χ3v) is 6.66. The Hall–Kier alpha value is -0.870. The first-order valence-corrected chi connectivity index (χ1v) is 9.74. The third kappa shape index (κ3) is 2.74. The predicted molar refractivity (Wildman–Crippen MR) is 95.3 cm³/mol. The van der Waals surface area contributed by atoms with Crippen LogP contribution in [0.4, 0.5) is 0 Å². The molecule has 0 aromatic heterocycles. The zero-order valence-corrected chi connectivity index (χ0v) is 15.1. The van der Waals surface area contributed by atoms with E-state index in [-0.39, 0.29) is 5.41 Å². The fourth-order valence-electron chi connectivity index (χ4n) is 4.89. The first-order chi connectivity index (χ1) is 11.2. The van der Waals surface area contributed by atoms with Crippen LogP contribution in [0.5, 0.6) is 0 Å². The number of hydrogen-bond donors (Lipinski definition) is 1. The number of benzene rings is 1. The summed E-state index contributed by atoms with van der Waals surface area (Å²) in [5.74, 6) is 1.73. The molecule has 1 saturated carbocycles. The Morgan fingerprint density at radius 2 is 1.83 bits per heavy atom. The van der Waals surface area contributed by atoms with Crippen molar-refractivity contribution in [3.05, 3.63) is 34.3 Å². The standard InChI is InChI=1S/C19H25BrN2O/c20-17-6-4-5-16(9-17)19(7-2-1-3-8-19)18(23)22-12-14-10-21-11-15(14)13-22/h4-6,9,14-15,21H,1-3,7-8,10-13H2/t14-,15+. The molecule has 0 radical (unpaired) electrons. The second-order valence-electron chi connectivity index (χ2n) is 7.54. The fourth-order valence-corrected chi connectivity index (χ4v) is 5.29. The number of rotatable bonds is 2. The largest absolute Gasteiger partial charge is 0.341 e. The highest BCUT2D eigenvalue weighted by molar-refractivity contribution is 9.10. The average molecular weight is 377 g/mol. The van der Waals surface area contributed by atoms with Gasteiger partial charge in [0.1, 0.15) is 0 Å².